The van der Waals surface area contributed by atoms with Gasteiger partial charge in [0.2, 0.25) is 0 Å². The molecule has 1 aliphatic heterocycles. The van der Waals surface area contributed by atoms with Crippen LogP contribution in [-0.2, 0) is 0 Å². The Morgan fingerprint density at radius 2 is 2.19 bits per heavy atom. The first kappa shape index (κ1) is 11.5. The lowest BCUT2D eigenvalue weighted by atomic mass is 9.97. The Labute approximate surface area is 97.9 Å². The van der Waals surface area contributed by atoms with Gasteiger partial charge in [-0.3, -0.25) is 0 Å². The van der Waals surface area contributed by atoms with E-state index >= 15 is 0 Å². The van der Waals surface area contributed by atoms with E-state index in [2.05, 4.69) is 30.9 Å². The molecule has 0 aliphatic carbocycles. The molecule has 1 aromatic carbocycles. The maximum atomic E-state index is 9.94. The standard InChI is InChI=1S/C14H21NO/c1-3-11(2)10-15-9-8-14(16)12-6-4-5-7-13(12)15/h4-7,11,14,16H,3,8-10H2,1-2H3. The van der Waals surface area contributed by atoms with E-state index in [1.54, 1.807) is 0 Å². The van der Waals surface area contributed by atoms with Crippen molar-refractivity contribution in [1.82, 2.24) is 0 Å². The fraction of sp³-hybridized carbons (Fsp3) is 0.571. The second-order valence-corrected chi connectivity index (χ2v) is 4.82. The van der Waals surface area contributed by atoms with Gasteiger partial charge in [-0.05, 0) is 18.4 Å². The largest absolute Gasteiger partial charge is 0.388 e. The van der Waals surface area contributed by atoms with E-state index < -0.39 is 0 Å². The molecule has 2 unspecified atom stereocenters. The van der Waals surface area contributed by atoms with E-state index in [1.807, 2.05) is 12.1 Å². The van der Waals surface area contributed by atoms with Gasteiger partial charge in [-0.15, -0.1) is 0 Å². The van der Waals surface area contributed by atoms with Crippen molar-refractivity contribution in [3.8, 4) is 0 Å². The highest BCUT2D eigenvalue weighted by atomic mass is 16.3. The molecule has 0 bridgehead atoms. The fourth-order valence-electron chi connectivity index (χ4n) is 2.31. The van der Waals surface area contributed by atoms with Crippen molar-refractivity contribution < 1.29 is 5.11 Å². The molecule has 1 aromatic rings. The van der Waals surface area contributed by atoms with Gasteiger partial charge in [0.25, 0.3) is 0 Å². The molecule has 0 fully saturated rings. The van der Waals surface area contributed by atoms with Gasteiger partial charge >= 0.3 is 0 Å². The molecule has 1 aliphatic rings. The van der Waals surface area contributed by atoms with Crippen molar-refractivity contribution in [2.45, 2.75) is 32.8 Å². The zero-order valence-electron chi connectivity index (χ0n) is 10.2. The molecule has 0 saturated heterocycles. The quantitative estimate of drug-likeness (QED) is 0.844. The number of rotatable bonds is 3. The maximum Gasteiger partial charge on any atom is 0.0826 e. The zero-order chi connectivity index (χ0) is 11.5. The Bertz CT molecular complexity index is 350. The van der Waals surface area contributed by atoms with Gasteiger partial charge < -0.3 is 10.0 Å². The first-order valence-corrected chi connectivity index (χ1v) is 6.24. The summed E-state index contributed by atoms with van der Waals surface area (Å²) in [6.07, 6.45) is 1.79. The van der Waals surface area contributed by atoms with Crippen LogP contribution in [0.15, 0.2) is 24.3 Å². The van der Waals surface area contributed by atoms with E-state index in [9.17, 15) is 5.11 Å². The monoisotopic (exact) mass is 219 g/mol. The SMILES string of the molecule is CCC(C)CN1CCC(O)c2ccccc21. The Hall–Kier alpha value is -1.02. The van der Waals surface area contributed by atoms with E-state index in [-0.39, 0.29) is 6.10 Å². The summed E-state index contributed by atoms with van der Waals surface area (Å²) in [4.78, 5) is 2.41. The minimum atomic E-state index is -0.274. The summed E-state index contributed by atoms with van der Waals surface area (Å²) < 4.78 is 0. The van der Waals surface area contributed by atoms with Gasteiger partial charge in [0.15, 0.2) is 0 Å². The van der Waals surface area contributed by atoms with Crippen molar-refractivity contribution in [3.63, 3.8) is 0 Å². The van der Waals surface area contributed by atoms with Crippen LogP contribution in [0.2, 0.25) is 0 Å². The van der Waals surface area contributed by atoms with E-state index in [4.69, 9.17) is 0 Å². The van der Waals surface area contributed by atoms with E-state index in [0.29, 0.717) is 5.92 Å². The lowest BCUT2D eigenvalue weighted by Gasteiger charge is -2.35. The Kier molecular flexibility index (Phi) is 3.49. The maximum absolute atomic E-state index is 9.94. The predicted octanol–water partition coefficient (Wildman–Crippen LogP) is 2.98. The number of anilines is 1. The molecule has 1 heterocycles. The van der Waals surface area contributed by atoms with Crippen LogP contribution in [0.3, 0.4) is 0 Å². The third-order valence-corrected chi connectivity index (χ3v) is 3.54. The van der Waals surface area contributed by atoms with Crippen LogP contribution in [0, 0.1) is 5.92 Å². The van der Waals surface area contributed by atoms with Crippen LogP contribution >= 0.6 is 0 Å². The third kappa shape index (κ3) is 2.22. The normalized spacial score (nSPS) is 21.7. The molecule has 2 nitrogen and oxygen atoms in total. The molecule has 2 atom stereocenters. The smallest absolute Gasteiger partial charge is 0.0826 e. The predicted molar refractivity (Wildman–Crippen MR) is 67.7 cm³/mol. The number of aliphatic hydroxyl groups is 1. The number of hydrogen-bond acceptors (Lipinski definition) is 2. The topological polar surface area (TPSA) is 23.5 Å². The van der Waals surface area contributed by atoms with Gasteiger partial charge in [-0.1, -0.05) is 38.5 Å². The Balaban J connectivity index is 2.21. The highest BCUT2D eigenvalue weighted by Crippen LogP contribution is 2.33. The first-order valence-electron chi connectivity index (χ1n) is 6.24. The summed E-state index contributed by atoms with van der Waals surface area (Å²) in [6, 6.07) is 8.23. The van der Waals surface area contributed by atoms with Crippen LogP contribution in [0.5, 0.6) is 0 Å². The Morgan fingerprint density at radius 3 is 2.94 bits per heavy atom. The lowest BCUT2D eigenvalue weighted by Crippen LogP contribution is -2.34. The molecule has 88 valence electrons. The Morgan fingerprint density at radius 1 is 1.44 bits per heavy atom. The highest BCUT2D eigenvalue weighted by molar-refractivity contribution is 5.56. The van der Waals surface area contributed by atoms with Crippen molar-refractivity contribution in [3.05, 3.63) is 29.8 Å². The molecule has 2 rings (SSSR count). The number of benzene rings is 1. The minimum absolute atomic E-state index is 0.274. The molecule has 1 N–H and O–H groups in total. The van der Waals surface area contributed by atoms with Crippen molar-refractivity contribution >= 4 is 5.69 Å². The van der Waals surface area contributed by atoms with E-state index in [0.717, 1.165) is 25.1 Å². The van der Waals surface area contributed by atoms with Crippen molar-refractivity contribution in [2.24, 2.45) is 5.92 Å². The van der Waals surface area contributed by atoms with Gasteiger partial charge in [0.05, 0.1) is 6.10 Å². The summed E-state index contributed by atoms with van der Waals surface area (Å²) in [6.45, 7) is 6.59. The van der Waals surface area contributed by atoms with Gasteiger partial charge in [0.1, 0.15) is 0 Å². The molecule has 0 spiro atoms. The number of aliphatic hydroxyl groups excluding tert-OH is 1. The molecule has 0 saturated carbocycles. The number of hydrogen-bond donors (Lipinski definition) is 1. The highest BCUT2D eigenvalue weighted by Gasteiger charge is 2.23. The average Bonchev–Trinajstić information content (AvgIpc) is 2.33. The summed E-state index contributed by atoms with van der Waals surface area (Å²) >= 11 is 0. The fourth-order valence-corrected chi connectivity index (χ4v) is 2.31. The zero-order valence-corrected chi connectivity index (χ0v) is 10.2. The third-order valence-electron chi connectivity index (χ3n) is 3.54. The molecule has 0 aromatic heterocycles. The van der Waals surface area contributed by atoms with Gasteiger partial charge in [0, 0.05) is 24.3 Å². The average molecular weight is 219 g/mol. The lowest BCUT2D eigenvalue weighted by molar-refractivity contribution is 0.163. The number of nitrogens with zero attached hydrogens (tertiary/aromatic N) is 1. The van der Waals surface area contributed by atoms with E-state index in [1.165, 1.54) is 12.1 Å². The van der Waals surface area contributed by atoms with Crippen LogP contribution in [0.25, 0.3) is 0 Å². The molecule has 2 heteroatoms. The number of para-hydroxylation sites is 1. The number of fused-ring (bicyclic) bond motifs is 1. The summed E-state index contributed by atoms with van der Waals surface area (Å²) in [5, 5.41) is 9.94. The first-order chi connectivity index (χ1) is 7.72. The van der Waals surface area contributed by atoms with Crippen LogP contribution in [0.1, 0.15) is 38.4 Å². The van der Waals surface area contributed by atoms with Gasteiger partial charge in [-0.2, -0.15) is 0 Å². The second kappa shape index (κ2) is 4.88. The van der Waals surface area contributed by atoms with Crippen LogP contribution in [-0.4, -0.2) is 18.2 Å². The van der Waals surface area contributed by atoms with Crippen LogP contribution < -0.4 is 4.90 Å². The minimum Gasteiger partial charge on any atom is -0.388 e. The van der Waals surface area contributed by atoms with Crippen molar-refractivity contribution in [2.75, 3.05) is 18.0 Å². The molecule has 0 radical (unpaired) electrons. The molecule has 0 amide bonds. The summed E-state index contributed by atoms with van der Waals surface area (Å²) in [5.74, 6) is 0.711. The summed E-state index contributed by atoms with van der Waals surface area (Å²) in [5.41, 5.74) is 2.32. The molecular weight excluding hydrogens is 198 g/mol. The second-order valence-electron chi connectivity index (χ2n) is 4.82. The molecule has 16 heavy (non-hydrogen) atoms. The van der Waals surface area contributed by atoms with Gasteiger partial charge in [-0.25, -0.2) is 0 Å². The van der Waals surface area contributed by atoms with Crippen molar-refractivity contribution in [1.29, 1.82) is 0 Å². The van der Waals surface area contributed by atoms with Crippen LogP contribution in [0.4, 0.5) is 5.69 Å². The summed E-state index contributed by atoms with van der Waals surface area (Å²) in [7, 11) is 0. The molecular formula is C14H21NO.